The van der Waals surface area contributed by atoms with Crippen molar-refractivity contribution in [3.05, 3.63) is 0 Å². The van der Waals surface area contributed by atoms with Crippen LogP contribution in [0.2, 0.25) is 0 Å². The maximum absolute atomic E-state index is 12.5. The summed E-state index contributed by atoms with van der Waals surface area (Å²) in [5.41, 5.74) is 0. The third-order valence-electron chi connectivity index (χ3n) is 4.40. The van der Waals surface area contributed by atoms with Gasteiger partial charge in [0, 0.05) is 25.0 Å². The number of hydrogen-bond acceptors (Lipinski definition) is 3. The molecule has 0 aromatic rings. The lowest BCUT2D eigenvalue weighted by Gasteiger charge is -2.35. The van der Waals surface area contributed by atoms with Crippen LogP contribution in [0.5, 0.6) is 0 Å². The molecule has 0 bridgehead atoms. The molecule has 1 aliphatic heterocycles. The standard InChI is InChI=1S/C15H27NO2/c1-12(2)16-9-10-18-14(11-16)15(17)13-7-5-3-4-6-8-13/h12-14H,3-11H2,1-2H3. The van der Waals surface area contributed by atoms with Crippen LogP contribution in [0, 0.1) is 5.92 Å². The van der Waals surface area contributed by atoms with Gasteiger partial charge in [0.25, 0.3) is 0 Å². The van der Waals surface area contributed by atoms with Crippen LogP contribution in [0.25, 0.3) is 0 Å². The Labute approximate surface area is 111 Å². The van der Waals surface area contributed by atoms with Crippen LogP contribution < -0.4 is 0 Å². The summed E-state index contributed by atoms with van der Waals surface area (Å²) in [6, 6.07) is 0.512. The number of hydrogen-bond donors (Lipinski definition) is 0. The third kappa shape index (κ3) is 3.55. The fraction of sp³-hybridized carbons (Fsp3) is 0.933. The van der Waals surface area contributed by atoms with E-state index in [1.54, 1.807) is 0 Å². The summed E-state index contributed by atoms with van der Waals surface area (Å²) >= 11 is 0. The van der Waals surface area contributed by atoms with E-state index in [0.29, 0.717) is 18.4 Å². The summed E-state index contributed by atoms with van der Waals surface area (Å²) < 4.78 is 5.72. The predicted octanol–water partition coefficient (Wildman–Crippen LogP) is 2.64. The maximum Gasteiger partial charge on any atom is 0.165 e. The lowest BCUT2D eigenvalue weighted by molar-refractivity contribution is -0.141. The van der Waals surface area contributed by atoms with Gasteiger partial charge < -0.3 is 4.74 Å². The minimum Gasteiger partial charge on any atom is -0.368 e. The number of nitrogens with zero attached hydrogens (tertiary/aromatic N) is 1. The van der Waals surface area contributed by atoms with Gasteiger partial charge in [0.2, 0.25) is 0 Å². The Balaban J connectivity index is 1.90. The van der Waals surface area contributed by atoms with Crippen LogP contribution >= 0.6 is 0 Å². The van der Waals surface area contributed by atoms with Gasteiger partial charge in [-0.05, 0) is 26.7 Å². The molecule has 3 nitrogen and oxygen atoms in total. The fourth-order valence-electron chi connectivity index (χ4n) is 3.14. The van der Waals surface area contributed by atoms with Gasteiger partial charge in [-0.3, -0.25) is 9.69 Å². The molecule has 3 heteroatoms. The Morgan fingerprint density at radius 1 is 1.17 bits per heavy atom. The van der Waals surface area contributed by atoms with Gasteiger partial charge in [-0.1, -0.05) is 25.7 Å². The van der Waals surface area contributed by atoms with E-state index in [0.717, 1.165) is 25.9 Å². The first-order chi connectivity index (χ1) is 8.68. The number of Topliss-reactive ketones (excluding diaryl/α,β-unsaturated/α-hetero) is 1. The largest absolute Gasteiger partial charge is 0.368 e. The van der Waals surface area contributed by atoms with Gasteiger partial charge >= 0.3 is 0 Å². The number of carbonyl (C=O) groups excluding carboxylic acids is 1. The minimum atomic E-state index is -0.163. The molecule has 104 valence electrons. The highest BCUT2D eigenvalue weighted by Gasteiger charge is 2.32. The molecule has 1 saturated carbocycles. The lowest BCUT2D eigenvalue weighted by atomic mass is 9.91. The predicted molar refractivity (Wildman–Crippen MR) is 72.6 cm³/mol. The second-order valence-electron chi connectivity index (χ2n) is 6.04. The van der Waals surface area contributed by atoms with Crippen LogP contribution in [0.4, 0.5) is 0 Å². The van der Waals surface area contributed by atoms with Crippen molar-refractivity contribution in [3.8, 4) is 0 Å². The van der Waals surface area contributed by atoms with Crippen molar-refractivity contribution in [2.24, 2.45) is 5.92 Å². The molecule has 0 aromatic carbocycles. The first-order valence-corrected chi connectivity index (χ1v) is 7.58. The van der Waals surface area contributed by atoms with Crippen LogP contribution in [0.1, 0.15) is 52.4 Å². The molecular formula is C15H27NO2. The first kappa shape index (κ1) is 14.0. The summed E-state index contributed by atoms with van der Waals surface area (Å²) in [4.78, 5) is 14.9. The number of carbonyl (C=O) groups is 1. The first-order valence-electron chi connectivity index (χ1n) is 7.58. The van der Waals surface area contributed by atoms with Crippen molar-refractivity contribution in [1.29, 1.82) is 0 Å². The third-order valence-corrected chi connectivity index (χ3v) is 4.40. The van der Waals surface area contributed by atoms with Gasteiger partial charge in [-0.15, -0.1) is 0 Å². The van der Waals surface area contributed by atoms with Crippen molar-refractivity contribution < 1.29 is 9.53 Å². The molecule has 0 radical (unpaired) electrons. The zero-order valence-electron chi connectivity index (χ0n) is 11.9. The molecule has 2 rings (SSSR count). The molecule has 0 spiro atoms. The fourth-order valence-corrected chi connectivity index (χ4v) is 3.14. The Morgan fingerprint density at radius 2 is 1.83 bits per heavy atom. The Bertz CT molecular complexity index is 270. The molecule has 0 aromatic heterocycles. The molecule has 2 aliphatic rings. The van der Waals surface area contributed by atoms with E-state index in [4.69, 9.17) is 4.74 Å². The van der Waals surface area contributed by atoms with E-state index >= 15 is 0 Å². The van der Waals surface area contributed by atoms with Crippen LogP contribution in [0.3, 0.4) is 0 Å². The van der Waals surface area contributed by atoms with Crippen molar-refractivity contribution in [2.45, 2.75) is 64.5 Å². The van der Waals surface area contributed by atoms with Crippen molar-refractivity contribution in [2.75, 3.05) is 19.7 Å². The summed E-state index contributed by atoms with van der Waals surface area (Å²) in [6.45, 7) is 6.86. The van der Waals surface area contributed by atoms with Gasteiger partial charge in [0.15, 0.2) is 5.78 Å². The molecule has 1 heterocycles. The number of morpholine rings is 1. The summed E-state index contributed by atoms with van der Waals surface area (Å²) in [6.07, 6.45) is 7.04. The topological polar surface area (TPSA) is 29.5 Å². The van der Waals surface area contributed by atoms with E-state index in [2.05, 4.69) is 18.7 Å². The molecular weight excluding hydrogens is 226 g/mol. The quantitative estimate of drug-likeness (QED) is 0.724. The monoisotopic (exact) mass is 253 g/mol. The molecule has 0 amide bonds. The number of ketones is 1. The molecule has 1 atom stereocenters. The van der Waals surface area contributed by atoms with E-state index in [9.17, 15) is 4.79 Å². The van der Waals surface area contributed by atoms with Crippen molar-refractivity contribution in [3.63, 3.8) is 0 Å². The number of rotatable bonds is 3. The van der Waals surface area contributed by atoms with Gasteiger partial charge in [-0.2, -0.15) is 0 Å². The zero-order valence-corrected chi connectivity index (χ0v) is 11.9. The molecule has 0 N–H and O–H groups in total. The highest BCUT2D eigenvalue weighted by atomic mass is 16.5. The second kappa shape index (κ2) is 6.67. The average Bonchev–Trinajstić information content (AvgIpc) is 2.67. The van der Waals surface area contributed by atoms with E-state index in [-0.39, 0.29) is 12.0 Å². The van der Waals surface area contributed by atoms with Crippen molar-refractivity contribution >= 4 is 5.78 Å². The highest BCUT2D eigenvalue weighted by Crippen LogP contribution is 2.26. The Kier molecular flexibility index (Phi) is 5.19. The molecule has 1 aliphatic carbocycles. The average molecular weight is 253 g/mol. The zero-order chi connectivity index (χ0) is 13.0. The normalized spacial score (nSPS) is 28.3. The van der Waals surface area contributed by atoms with Crippen LogP contribution in [-0.2, 0) is 9.53 Å². The summed E-state index contributed by atoms with van der Waals surface area (Å²) in [5.74, 6) is 0.645. The van der Waals surface area contributed by atoms with E-state index < -0.39 is 0 Å². The van der Waals surface area contributed by atoms with Crippen molar-refractivity contribution in [1.82, 2.24) is 4.90 Å². The molecule has 2 fully saturated rings. The molecule has 1 saturated heterocycles. The van der Waals surface area contributed by atoms with Gasteiger partial charge in [-0.25, -0.2) is 0 Å². The molecule has 1 unspecified atom stereocenters. The van der Waals surface area contributed by atoms with Crippen LogP contribution in [0.15, 0.2) is 0 Å². The van der Waals surface area contributed by atoms with Crippen LogP contribution in [-0.4, -0.2) is 42.5 Å². The Hall–Kier alpha value is -0.410. The summed E-state index contributed by atoms with van der Waals surface area (Å²) in [7, 11) is 0. The summed E-state index contributed by atoms with van der Waals surface area (Å²) in [5, 5.41) is 0. The van der Waals surface area contributed by atoms with E-state index in [1.807, 2.05) is 0 Å². The molecule has 18 heavy (non-hydrogen) atoms. The minimum absolute atomic E-state index is 0.163. The van der Waals surface area contributed by atoms with Gasteiger partial charge in [0.05, 0.1) is 6.61 Å². The smallest absolute Gasteiger partial charge is 0.165 e. The Morgan fingerprint density at radius 3 is 2.44 bits per heavy atom. The second-order valence-corrected chi connectivity index (χ2v) is 6.04. The SMILES string of the molecule is CC(C)N1CCOC(C(=O)C2CCCCCC2)C1. The van der Waals surface area contributed by atoms with Gasteiger partial charge in [0.1, 0.15) is 6.10 Å². The highest BCUT2D eigenvalue weighted by molar-refractivity contribution is 5.85. The maximum atomic E-state index is 12.5. The lowest BCUT2D eigenvalue weighted by Crippen LogP contribution is -2.50. The number of ether oxygens (including phenoxy) is 1. The van der Waals surface area contributed by atoms with E-state index in [1.165, 1.54) is 25.7 Å².